The van der Waals surface area contributed by atoms with Crippen molar-refractivity contribution in [3.63, 3.8) is 0 Å². The largest absolute Gasteiger partial charge is 0.296 e. The topological polar surface area (TPSA) is 37.4 Å². The molecule has 3 atom stereocenters. The van der Waals surface area contributed by atoms with Gasteiger partial charge in [-0.25, -0.2) is 8.42 Å². The van der Waals surface area contributed by atoms with Gasteiger partial charge in [-0.1, -0.05) is 26.0 Å². The molecular weight excluding hydrogens is 234 g/mol. The second kappa shape index (κ2) is 4.09. The van der Waals surface area contributed by atoms with E-state index in [1.54, 1.807) is 0 Å². The number of sulfone groups is 1. The zero-order valence-corrected chi connectivity index (χ0v) is 12.0. The van der Waals surface area contributed by atoms with Gasteiger partial charge in [0.1, 0.15) is 0 Å². The van der Waals surface area contributed by atoms with E-state index < -0.39 is 14.6 Å². The molecule has 1 heterocycles. The molecule has 0 radical (unpaired) electrons. The first-order valence-corrected chi connectivity index (χ1v) is 8.06. The maximum absolute atomic E-state index is 12.4. The molecule has 0 aromatic heterocycles. The average molecular weight is 257 g/mol. The van der Waals surface area contributed by atoms with Crippen LogP contribution in [0.1, 0.15) is 34.1 Å². The molecule has 0 N–H and O–H groups in total. The molecule has 17 heavy (non-hydrogen) atoms. The van der Waals surface area contributed by atoms with Crippen molar-refractivity contribution in [1.82, 2.24) is 4.90 Å². The van der Waals surface area contributed by atoms with Crippen LogP contribution in [0.4, 0.5) is 0 Å². The molecule has 0 amide bonds. The van der Waals surface area contributed by atoms with Crippen LogP contribution in [0, 0.1) is 5.92 Å². The summed E-state index contributed by atoms with van der Waals surface area (Å²) < 4.78 is 24.2. The van der Waals surface area contributed by atoms with Crippen LogP contribution in [0.5, 0.6) is 0 Å². The summed E-state index contributed by atoms with van der Waals surface area (Å²) in [5.74, 6) is 0.295. The summed E-state index contributed by atoms with van der Waals surface area (Å²) in [6, 6.07) is 0.0850. The number of hydrogen-bond donors (Lipinski definition) is 0. The molecule has 0 saturated carbocycles. The minimum atomic E-state index is -2.97. The average Bonchev–Trinajstić information content (AvgIpc) is 2.30. The standard InChI is InChI=1S/C13H23NO2S/c1-5-14(6-2)11-9-7-8-10-12(11)17(15,16)13(10,3)4/h7,9-12H,5-6,8H2,1-4H3/t10-,11-,12+/m1/s1. The van der Waals surface area contributed by atoms with Crippen LogP contribution >= 0.6 is 0 Å². The highest BCUT2D eigenvalue weighted by Crippen LogP contribution is 2.51. The van der Waals surface area contributed by atoms with E-state index in [2.05, 4.69) is 30.9 Å². The van der Waals surface area contributed by atoms with E-state index in [4.69, 9.17) is 0 Å². The quantitative estimate of drug-likeness (QED) is 0.724. The van der Waals surface area contributed by atoms with Crippen LogP contribution in [0.15, 0.2) is 12.2 Å². The van der Waals surface area contributed by atoms with Gasteiger partial charge < -0.3 is 0 Å². The zero-order chi connectivity index (χ0) is 12.8. The number of rotatable bonds is 3. The number of nitrogens with zero attached hydrogens (tertiary/aromatic N) is 1. The predicted octanol–water partition coefficient (Wildman–Crippen LogP) is 1.85. The lowest BCUT2D eigenvalue weighted by molar-refractivity contribution is 0.176. The van der Waals surface area contributed by atoms with Gasteiger partial charge in [0.15, 0.2) is 9.84 Å². The zero-order valence-electron chi connectivity index (χ0n) is 11.2. The number of fused-ring (bicyclic) bond motifs is 1. The fraction of sp³-hybridized carbons (Fsp3) is 0.846. The second-order valence-electron chi connectivity index (χ2n) is 5.60. The van der Waals surface area contributed by atoms with E-state index in [0.29, 0.717) is 5.92 Å². The van der Waals surface area contributed by atoms with E-state index in [1.807, 2.05) is 13.8 Å². The molecular formula is C13H23NO2S. The number of allylic oxidation sites excluding steroid dienone is 1. The van der Waals surface area contributed by atoms with E-state index >= 15 is 0 Å². The van der Waals surface area contributed by atoms with Gasteiger partial charge in [0.05, 0.1) is 10.00 Å². The first kappa shape index (κ1) is 13.1. The molecule has 0 aromatic rings. The normalized spacial score (nSPS) is 37.6. The Morgan fingerprint density at radius 3 is 2.41 bits per heavy atom. The smallest absolute Gasteiger partial charge is 0.160 e. The summed E-state index contributed by atoms with van der Waals surface area (Å²) in [5, 5.41) is -0.178. The molecule has 3 nitrogen and oxygen atoms in total. The van der Waals surface area contributed by atoms with Gasteiger partial charge in [0.25, 0.3) is 0 Å². The highest BCUT2D eigenvalue weighted by molar-refractivity contribution is 7.95. The van der Waals surface area contributed by atoms with Crippen LogP contribution in [0.25, 0.3) is 0 Å². The van der Waals surface area contributed by atoms with Gasteiger partial charge in [-0.3, -0.25) is 4.90 Å². The van der Waals surface area contributed by atoms with Crippen molar-refractivity contribution >= 4 is 9.84 Å². The molecule has 2 rings (SSSR count). The first-order valence-electron chi connectivity index (χ1n) is 6.52. The molecule has 4 heteroatoms. The van der Waals surface area contributed by atoms with Gasteiger partial charge in [-0.2, -0.15) is 0 Å². The van der Waals surface area contributed by atoms with E-state index in [0.717, 1.165) is 19.5 Å². The van der Waals surface area contributed by atoms with Crippen LogP contribution < -0.4 is 0 Å². The summed E-state index contributed by atoms with van der Waals surface area (Å²) in [5.41, 5.74) is 0. The van der Waals surface area contributed by atoms with Crippen molar-refractivity contribution in [2.75, 3.05) is 13.1 Å². The molecule has 1 aliphatic heterocycles. The fourth-order valence-electron chi connectivity index (χ4n) is 3.39. The minimum absolute atomic E-state index is 0.0850. The van der Waals surface area contributed by atoms with Crippen LogP contribution in [0.2, 0.25) is 0 Å². The molecule has 0 spiro atoms. The lowest BCUT2D eigenvalue weighted by Crippen LogP contribution is -2.69. The highest BCUT2D eigenvalue weighted by Gasteiger charge is 2.64. The van der Waals surface area contributed by atoms with E-state index in [-0.39, 0.29) is 11.3 Å². The first-order chi connectivity index (χ1) is 7.87. The summed E-state index contributed by atoms with van der Waals surface area (Å²) >= 11 is 0. The van der Waals surface area contributed by atoms with Gasteiger partial charge in [-0.15, -0.1) is 0 Å². The van der Waals surface area contributed by atoms with Crippen molar-refractivity contribution < 1.29 is 8.42 Å². The third-order valence-electron chi connectivity index (χ3n) is 4.68. The Bertz CT molecular complexity index is 421. The summed E-state index contributed by atoms with van der Waals surface area (Å²) in [4.78, 5) is 2.25. The summed E-state index contributed by atoms with van der Waals surface area (Å²) in [7, 11) is -2.97. The third-order valence-corrected chi connectivity index (χ3v) is 7.77. The number of likely N-dealkylation sites (N-methyl/N-ethyl adjacent to an activating group) is 1. The van der Waals surface area contributed by atoms with E-state index in [1.165, 1.54) is 0 Å². The SMILES string of the molecule is CCN(CC)[C@@H]1C=CC[C@@H]2[C@@H]1S(=O)(=O)C2(C)C. The van der Waals surface area contributed by atoms with Crippen molar-refractivity contribution in [1.29, 1.82) is 0 Å². The number of hydrogen-bond acceptors (Lipinski definition) is 3. The Labute approximate surface area is 105 Å². The van der Waals surface area contributed by atoms with Crippen LogP contribution in [-0.2, 0) is 9.84 Å². The maximum atomic E-state index is 12.4. The predicted molar refractivity (Wildman–Crippen MR) is 70.7 cm³/mol. The second-order valence-corrected chi connectivity index (χ2v) is 8.28. The van der Waals surface area contributed by atoms with Crippen molar-refractivity contribution in [3.8, 4) is 0 Å². The van der Waals surface area contributed by atoms with Crippen molar-refractivity contribution in [3.05, 3.63) is 12.2 Å². The molecule has 1 aliphatic carbocycles. The van der Waals surface area contributed by atoms with Crippen LogP contribution in [0.3, 0.4) is 0 Å². The summed E-state index contributed by atoms with van der Waals surface area (Å²) in [6.07, 6.45) is 5.18. The molecule has 0 aromatic carbocycles. The Kier molecular flexibility index (Phi) is 3.15. The lowest BCUT2D eigenvalue weighted by Gasteiger charge is -2.55. The molecule has 1 fully saturated rings. The monoisotopic (exact) mass is 257 g/mol. The van der Waals surface area contributed by atoms with Crippen LogP contribution in [-0.4, -0.2) is 42.4 Å². The third kappa shape index (κ3) is 1.60. The van der Waals surface area contributed by atoms with Gasteiger partial charge in [-0.05, 0) is 39.3 Å². The molecule has 0 unspecified atom stereocenters. The maximum Gasteiger partial charge on any atom is 0.160 e. The highest BCUT2D eigenvalue weighted by atomic mass is 32.2. The molecule has 2 aliphatic rings. The van der Waals surface area contributed by atoms with Gasteiger partial charge in [0, 0.05) is 6.04 Å². The Hall–Kier alpha value is -0.350. The summed E-state index contributed by atoms with van der Waals surface area (Å²) in [6.45, 7) is 9.76. The fourth-order valence-corrected chi connectivity index (χ4v) is 6.04. The van der Waals surface area contributed by atoms with E-state index in [9.17, 15) is 8.42 Å². The Balaban J connectivity index is 2.34. The minimum Gasteiger partial charge on any atom is -0.296 e. The Morgan fingerprint density at radius 1 is 1.29 bits per heavy atom. The molecule has 98 valence electrons. The molecule has 1 saturated heterocycles. The van der Waals surface area contributed by atoms with Crippen molar-refractivity contribution in [2.45, 2.75) is 50.2 Å². The van der Waals surface area contributed by atoms with Gasteiger partial charge >= 0.3 is 0 Å². The Morgan fingerprint density at radius 2 is 1.88 bits per heavy atom. The lowest BCUT2D eigenvalue weighted by atomic mass is 9.79. The van der Waals surface area contributed by atoms with Gasteiger partial charge in [0.2, 0.25) is 0 Å². The van der Waals surface area contributed by atoms with Crippen molar-refractivity contribution in [2.24, 2.45) is 5.92 Å². The molecule has 0 bridgehead atoms.